The zero-order chi connectivity index (χ0) is 17.9. The van der Waals surface area contributed by atoms with Crippen molar-refractivity contribution in [2.24, 2.45) is 5.10 Å². The van der Waals surface area contributed by atoms with Crippen LogP contribution in [0.25, 0.3) is 6.08 Å². The summed E-state index contributed by atoms with van der Waals surface area (Å²) in [6.45, 7) is 2.21. The van der Waals surface area contributed by atoms with Gasteiger partial charge >= 0.3 is 0 Å². The van der Waals surface area contributed by atoms with Crippen LogP contribution >= 0.6 is 23.4 Å². The summed E-state index contributed by atoms with van der Waals surface area (Å²) in [4.78, 5) is 8.45. The molecule has 6 heteroatoms. The Bertz CT molecular complexity index is 717. The van der Waals surface area contributed by atoms with Gasteiger partial charge in [-0.3, -0.25) is 5.43 Å². The fourth-order valence-electron chi connectivity index (χ4n) is 2.24. The Morgan fingerprint density at radius 1 is 1.24 bits per heavy atom. The summed E-state index contributed by atoms with van der Waals surface area (Å²) in [5.41, 5.74) is 5.30. The van der Waals surface area contributed by atoms with Crippen molar-refractivity contribution in [3.05, 3.63) is 52.7 Å². The predicted octanol–water partition coefficient (Wildman–Crippen LogP) is 5.91. The van der Waals surface area contributed by atoms with Crippen molar-refractivity contribution >= 4 is 41.5 Å². The number of benzene rings is 1. The maximum Gasteiger partial charge on any atom is 0.190 e. The van der Waals surface area contributed by atoms with Gasteiger partial charge < -0.3 is 0 Å². The highest BCUT2D eigenvalue weighted by Crippen LogP contribution is 2.17. The first-order chi connectivity index (χ1) is 12.2. The Hall–Kier alpha value is -1.85. The summed E-state index contributed by atoms with van der Waals surface area (Å²) in [6.07, 6.45) is 10.5. The standard InChI is InChI=1S/C19H23ClN4S/c1-3-4-6-11-16(12-15-9-7-5-8-10-15)14-21-24-18-13-17(20)22-19(23-18)25-2/h5,7-10,12-14H,3-4,6,11H2,1-2H3,(H,22,23,24). The van der Waals surface area contributed by atoms with Crippen LogP contribution in [-0.4, -0.2) is 22.4 Å². The van der Waals surface area contributed by atoms with Gasteiger partial charge in [0.2, 0.25) is 0 Å². The van der Waals surface area contributed by atoms with Crippen molar-refractivity contribution in [2.45, 2.75) is 37.8 Å². The molecule has 0 saturated carbocycles. The van der Waals surface area contributed by atoms with Gasteiger partial charge in [0.1, 0.15) is 5.15 Å². The number of anilines is 1. The molecule has 1 heterocycles. The summed E-state index contributed by atoms with van der Waals surface area (Å²) < 4.78 is 0. The van der Waals surface area contributed by atoms with E-state index in [0.29, 0.717) is 16.1 Å². The summed E-state index contributed by atoms with van der Waals surface area (Å²) in [5, 5.41) is 5.35. The normalized spacial score (nSPS) is 11.9. The number of nitrogens with zero attached hydrogens (tertiary/aromatic N) is 3. The second-order valence-electron chi connectivity index (χ2n) is 5.52. The third-order valence-corrected chi connectivity index (χ3v) is 4.23. The average Bonchev–Trinajstić information content (AvgIpc) is 2.62. The topological polar surface area (TPSA) is 50.2 Å². The number of hydrazone groups is 1. The van der Waals surface area contributed by atoms with Crippen LogP contribution in [-0.2, 0) is 0 Å². The fraction of sp³-hybridized carbons (Fsp3) is 0.316. The molecule has 0 atom stereocenters. The van der Waals surface area contributed by atoms with Crippen LogP contribution in [0, 0.1) is 0 Å². The number of hydrogen-bond acceptors (Lipinski definition) is 5. The molecule has 1 N–H and O–H groups in total. The van der Waals surface area contributed by atoms with E-state index < -0.39 is 0 Å². The summed E-state index contributed by atoms with van der Waals surface area (Å²) in [5.74, 6) is 0.591. The van der Waals surface area contributed by atoms with Gasteiger partial charge in [-0.05, 0) is 30.2 Å². The monoisotopic (exact) mass is 374 g/mol. The third kappa shape index (κ3) is 7.28. The van der Waals surface area contributed by atoms with Crippen LogP contribution in [0.5, 0.6) is 0 Å². The Balaban J connectivity index is 2.08. The van der Waals surface area contributed by atoms with Gasteiger partial charge in [0.15, 0.2) is 11.0 Å². The minimum absolute atomic E-state index is 0.403. The van der Waals surface area contributed by atoms with Gasteiger partial charge in [0.25, 0.3) is 0 Å². The van der Waals surface area contributed by atoms with Crippen molar-refractivity contribution in [3.63, 3.8) is 0 Å². The lowest BCUT2D eigenvalue weighted by Crippen LogP contribution is -1.97. The highest BCUT2D eigenvalue weighted by Gasteiger charge is 2.01. The van der Waals surface area contributed by atoms with Gasteiger partial charge in [0.05, 0.1) is 6.21 Å². The van der Waals surface area contributed by atoms with Gasteiger partial charge in [-0.25, -0.2) is 9.97 Å². The molecule has 132 valence electrons. The van der Waals surface area contributed by atoms with Crippen molar-refractivity contribution in [2.75, 3.05) is 11.7 Å². The van der Waals surface area contributed by atoms with E-state index in [0.717, 1.165) is 12.8 Å². The molecule has 25 heavy (non-hydrogen) atoms. The van der Waals surface area contributed by atoms with Crippen molar-refractivity contribution in [1.29, 1.82) is 0 Å². The Morgan fingerprint density at radius 2 is 2.04 bits per heavy atom. The van der Waals surface area contributed by atoms with Gasteiger partial charge in [0, 0.05) is 6.07 Å². The number of allylic oxidation sites excluding steroid dienone is 1. The fourth-order valence-corrected chi connectivity index (χ4v) is 2.86. The lowest BCUT2D eigenvalue weighted by molar-refractivity contribution is 0.724. The van der Waals surface area contributed by atoms with Crippen LogP contribution in [0.2, 0.25) is 5.15 Å². The molecule has 0 unspecified atom stereocenters. The number of rotatable bonds is 9. The maximum absolute atomic E-state index is 5.99. The average molecular weight is 375 g/mol. The van der Waals surface area contributed by atoms with Crippen LogP contribution in [0.3, 0.4) is 0 Å². The maximum atomic E-state index is 5.99. The van der Waals surface area contributed by atoms with Crippen molar-refractivity contribution < 1.29 is 0 Å². The number of unbranched alkanes of at least 4 members (excludes halogenated alkanes) is 2. The first kappa shape index (κ1) is 19.5. The van der Waals surface area contributed by atoms with Crippen molar-refractivity contribution in [3.8, 4) is 0 Å². The molecular weight excluding hydrogens is 352 g/mol. The Kier molecular flexibility index (Phi) is 8.49. The molecule has 4 nitrogen and oxygen atoms in total. The molecule has 0 fully saturated rings. The van der Waals surface area contributed by atoms with Crippen molar-refractivity contribution in [1.82, 2.24) is 9.97 Å². The van der Waals surface area contributed by atoms with Crippen LogP contribution in [0.15, 0.2) is 52.2 Å². The van der Waals surface area contributed by atoms with Crippen LogP contribution < -0.4 is 5.43 Å². The Labute approximate surface area is 158 Å². The summed E-state index contributed by atoms with van der Waals surface area (Å²) in [7, 11) is 0. The molecule has 0 amide bonds. The van der Waals surface area contributed by atoms with E-state index in [-0.39, 0.29) is 0 Å². The predicted molar refractivity (Wildman–Crippen MR) is 109 cm³/mol. The van der Waals surface area contributed by atoms with Crippen LogP contribution in [0.4, 0.5) is 5.82 Å². The van der Waals surface area contributed by atoms with E-state index in [1.807, 2.05) is 30.7 Å². The molecule has 0 aliphatic rings. The molecule has 0 bridgehead atoms. The van der Waals surface area contributed by atoms with E-state index in [9.17, 15) is 0 Å². The summed E-state index contributed by atoms with van der Waals surface area (Å²) in [6, 6.07) is 11.9. The highest BCUT2D eigenvalue weighted by atomic mass is 35.5. The van der Waals surface area contributed by atoms with E-state index >= 15 is 0 Å². The van der Waals surface area contributed by atoms with E-state index in [4.69, 9.17) is 11.6 Å². The second kappa shape index (κ2) is 10.9. The van der Waals surface area contributed by atoms with Gasteiger partial charge in [-0.2, -0.15) is 5.10 Å². The first-order valence-corrected chi connectivity index (χ1v) is 9.95. The molecular formula is C19H23ClN4S. The molecule has 1 aromatic heterocycles. The summed E-state index contributed by atoms with van der Waals surface area (Å²) >= 11 is 7.44. The first-order valence-electron chi connectivity index (χ1n) is 8.34. The zero-order valence-corrected chi connectivity index (χ0v) is 16.1. The minimum Gasteiger partial charge on any atom is -0.261 e. The second-order valence-corrected chi connectivity index (χ2v) is 6.68. The van der Waals surface area contributed by atoms with Crippen LogP contribution in [0.1, 0.15) is 38.2 Å². The van der Waals surface area contributed by atoms with Gasteiger partial charge in [-0.1, -0.05) is 79.5 Å². The molecule has 2 aromatic rings. The number of halogens is 1. The molecule has 0 radical (unpaired) electrons. The van der Waals surface area contributed by atoms with E-state index in [1.54, 1.807) is 6.07 Å². The lowest BCUT2D eigenvalue weighted by atomic mass is 10.1. The number of nitrogens with one attached hydrogen (secondary N) is 1. The molecule has 0 saturated heterocycles. The highest BCUT2D eigenvalue weighted by molar-refractivity contribution is 7.98. The smallest absolute Gasteiger partial charge is 0.190 e. The lowest BCUT2D eigenvalue weighted by Gasteiger charge is -2.04. The SMILES string of the molecule is CCCCCC(C=NNc1cc(Cl)nc(SC)n1)=Cc1ccccc1. The largest absolute Gasteiger partial charge is 0.261 e. The number of thioether (sulfide) groups is 1. The third-order valence-electron chi connectivity index (χ3n) is 3.49. The van der Waals surface area contributed by atoms with E-state index in [2.05, 4.69) is 45.6 Å². The molecule has 1 aromatic carbocycles. The quantitative estimate of drug-likeness (QED) is 0.148. The minimum atomic E-state index is 0.403. The zero-order valence-electron chi connectivity index (χ0n) is 14.6. The molecule has 0 aliphatic heterocycles. The molecule has 0 spiro atoms. The van der Waals surface area contributed by atoms with E-state index in [1.165, 1.54) is 35.7 Å². The Morgan fingerprint density at radius 3 is 2.76 bits per heavy atom. The van der Waals surface area contributed by atoms with Gasteiger partial charge in [-0.15, -0.1) is 0 Å². The number of aromatic nitrogens is 2. The molecule has 0 aliphatic carbocycles. The number of hydrogen-bond donors (Lipinski definition) is 1. The molecule has 2 rings (SSSR count).